The lowest BCUT2D eigenvalue weighted by atomic mass is 9.99. The van der Waals surface area contributed by atoms with Crippen molar-refractivity contribution in [3.63, 3.8) is 0 Å². The van der Waals surface area contributed by atoms with E-state index in [1.165, 1.54) is 0 Å². The summed E-state index contributed by atoms with van der Waals surface area (Å²) in [6, 6.07) is 24.9. The lowest BCUT2D eigenvalue weighted by Gasteiger charge is -2.15. The maximum absolute atomic E-state index is 11.0. The predicted molar refractivity (Wildman–Crippen MR) is 128 cm³/mol. The van der Waals surface area contributed by atoms with Crippen LogP contribution in [-0.4, -0.2) is 26.8 Å². The molecule has 0 aliphatic rings. The molecule has 6 heteroatoms. The highest BCUT2D eigenvalue weighted by Gasteiger charge is 2.18. The van der Waals surface area contributed by atoms with Crippen LogP contribution in [0.15, 0.2) is 85.1 Å². The summed E-state index contributed by atoms with van der Waals surface area (Å²) in [6.45, 7) is 2.35. The van der Waals surface area contributed by atoms with Gasteiger partial charge in [0.1, 0.15) is 23.9 Å². The molecule has 0 unspecified atom stereocenters. The number of hydrogen-bond acceptors (Lipinski definition) is 5. The minimum absolute atomic E-state index is 0.107. The van der Waals surface area contributed by atoms with Crippen LogP contribution in [0, 0.1) is 6.92 Å². The van der Waals surface area contributed by atoms with Crippen molar-refractivity contribution >= 4 is 5.65 Å². The van der Waals surface area contributed by atoms with Gasteiger partial charge < -0.3 is 14.6 Å². The second-order valence-electron chi connectivity index (χ2n) is 7.76. The minimum atomic E-state index is 0.107. The van der Waals surface area contributed by atoms with Gasteiger partial charge >= 0.3 is 0 Å². The van der Waals surface area contributed by atoms with E-state index in [2.05, 4.69) is 10.1 Å². The number of fused-ring (bicyclic) bond motifs is 1. The van der Waals surface area contributed by atoms with E-state index in [-0.39, 0.29) is 5.75 Å². The Balaban J connectivity index is 1.57. The van der Waals surface area contributed by atoms with Gasteiger partial charge in [-0.15, -0.1) is 0 Å². The van der Waals surface area contributed by atoms with E-state index < -0.39 is 0 Å². The van der Waals surface area contributed by atoms with Crippen LogP contribution in [-0.2, 0) is 6.61 Å². The molecule has 2 heterocycles. The highest BCUT2D eigenvalue weighted by atomic mass is 16.5. The number of aryl methyl sites for hydroxylation is 1. The Morgan fingerprint density at radius 3 is 2.36 bits per heavy atom. The molecule has 0 saturated heterocycles. The van der Waals surface area contributed by atoms with Crippen LogP contribution >= 0.6 is 0 Å². The normalized spacial score (nSPS) is 11.0. The third-order valence-corrected chi connectivity index (χ3v) is 5.48. The molecule has 0 radical (unpaired) electrons. The fraction of sp³-hybridized carbons (Fsp3) is 0.111. The van der Waals surface area contributed by atoms with E-state index in [1.807, 2.05) is 85.9 Å². The van der Waals surface area contributed by atoms with Crippen molar-refractivity contribution in [2.24, 2.45) is 0 Å². The maximum atomic E-state index is 11.0. The van der Waals surface area contributed by atoms with Gasteiger partial charge in [-0.3, -0.25) is 0 Å². The lowest BCUT2D eigenvalue weighted by Crippen LogP contribution is -2.01. The quantitative estimate of drug-likeness (QED) is 0.371. The molecule has 0 fully saturated rings. The van der Waals surface area contributed by atoms with Crippen LogP contribution in [0.25, 0.3) is 28.0 Å². The van der Waals surface area contributed by atoms with Gasteiger partial charge in [-0.1, -0.05) is 42.5 Å². The summed E-state index contributed by atoms with van der Waals surface area (Å²) in [4.78, 5) is 4.58. The molecule has 0 atom stereocenters. The number of ether oxygens (including phenoxy) is 2. The standard InChI is InChI=1S/C27H23N3O3/c1-18-14-26-28-16-24(20-8-10-21(32-2)11-9-20)27(30(26)29-18)23-13-12-22(15-25(23)31)33-17-19-6-4-3-5-7-19/h3-16,31H,17H2,1-2H3. The number of methoxy groups -OCH3 is 1. The summed E-state index contributed by atoms with van der Waals surface area (Å²) >= 11 is 0. The molecule has 3 aromatic carbocycles. The smallest absolute Gasteiger partial charge is 0.155 e. The summed E-state index contributed by atoms with van der Waals surface area (Å²) in [6.07, 6.45) is 1.81. The fourth-order valence-corrected chi connectivity index (χ4v) is 3.83. The second-order valence-corrected chi connectivity index (χ2v) is 7.76. The average molecular weight is 437 g/mol. The van der Waals surface area contributed by atoms with Crippen LogP contribution < -0.4 is 9.47 Å². The zero-order valence-corrected chi connectivity index (χ0v) is 18.4. The number of aromatic hydroxyl groups is 1. The number of benzene rings is 3. The zero-order chi connectivity index (χ0) is 22.8. The summed E-state index contributed by atoms with van der Waals surface area (Å²) < 4.78 is 13.0. The molecule has 0 aliphatic heterocycles. The molecule has 2 aromatic heterocycles. The topological polar surface area (TPSA) is 68.9 Å². The molecular weight excluding hydrogens is 414 g/mol. The fourth-order valence-electron chi connectivity index (χ4n) is 3.83. The molecule has 0 amide bonds. The predicted octanol–water partition coefficient (Wildman–Crippen LogP) is 5.66. The first kappa shape index (κ1) is 20.6. The van der Waals surface area contributed by atoms with Crippen molar-refractivity contribution < 1.29 is 14.6 Å². The third-order valence-electron chi connectivity index (χ3n) is 5.48. The summed E-state index contributed by atoms with van der Waals surface area (Å²) in [7, 11) is 1.64. The molecule has 0 spiro atoms. The van der Waals surface area contributed by atoms with Crippen LogP contribution in [0.2, 0.25) is 0 Å². The van der Waals surface area contributed by atoms with E-state index in [0.29, 0.717) is 23.6 Å². The average Bonchev–Trinajstić information content (AvgIpc) is 3.23. The van der Waals surface area contributed by atoms with Gasteiger partial charge in [-0.25, -0.2) is 9.50 Å². The first-order valence-corrected chi connectivity index (χ1v) is 10.6. The SMILES string of the molecule is COc1ccc(-c2cnc3cc(C)nn3c2-c2ccc(OCc3ccccc3)cc2O)cc1. The van der Waals surface area contributed by atoms with Gasteiger partial charge in [0.05, 0.1) is 18.5 Å². The van der Waals surface area contributed by atoms with Crippen LogP contribution in [0.5, 0.6) is 17.2 Å². The number of rotatable bonds is 6. The van der Waals surface area contributed by atoms with Crippen molar-refractivity contribution in [2.45, 2.75) is 13.5 Å². The number of nitrogens with zero attached hydrogens (tertiary/aromatic N) is 3. The Morgan fingerprint density at radius 2 is 1.64 bits per heavy atom. The first-order valence-electron chi connectivity index (χ1n) is 10.6. The number of aromatic nitrogens is 3. The molecule has 5 rings (SSSR count). The molecule has 33 heavy (non-hydrogen) atoms. The van der Waals surface area contributed by atoms with E-state index in [0.717, 1.165) is 33.8 Å². The van der Waals surface area contributed by atoms with Gasteiger partial charge in [0.2, 0.25) is 0 Å². The zero-order valence-electron chi connectivity index (χ0n) is 18.4. The molecule has 6 nitrogen and oxygen atoms in total. The van der Waals surface area contributed by atoms with E-state index in [9.17, 15) is 5.11 Å². The minimum Gasteiger partial charge on any atom is -0.507 e. The highest BCUT2D eigenvalue weighted by molar-refractivity contribution is 5.85. The molecule has 0 saturated carbocycles. The van der Waals surface area contributed by atoms with Crippen molar-refractivity contribution in [2.75, 3.05) is 7.11 Å². The largest absolute Gasteiger partial charge is 0.507 e. The molecule has 5 aromatic rings. The summed E-state index contributed by atoms with van der Waals surface area (Å²) in [5, 5.41) is 15.6. The van der Waals surface area contributed by atoms with Crippen LogP contribution in [0.1, 0.15) is 11.3 Å². The van der Waals surface area contributed by atoms with Crippen LogP contribution in [0.3, 0.4) is 0 Å². The van der Waals surface area contributed by atoms with Gasteiger partial charge in [-0.05, 0) is 42.3 Å². The molecule has 0 bridgehead atoms. The van der Waals surface area contributed by atoms with Gasteiger partial charge in [0.15, 0.2) is 5.65 Å². The second kappa shape index (κ2) is 8.67. The molecule has 0 aliphatic carbocycles. The summed E-state index contributed by atoms with van der Waals surface area (Å²) in [5.41, 5.74) is 5.81. The van der Waals surface area contributed by atoms with Crippen molar-refractivity contribution in [1.82, 2.24) is 14.6 Å². The Morgan fingerprint density at radius 1 is 0.879 bits per heavy atom. The number of phenols is 1. The van der Waals surface area contributed by atoms with Crippen molar-refractivity contribution in [3.05, 3.63) is 96.3 Å². The molecular formula is C27H23N3O3. The molecule has 164 valence electrons. The van der Waals surface area contributed by atoms with Crippen molar-refractivity contribution in [1.29, 1.82) is 0 Å². The Labute approximate surface area is 191 Å². The maximum Gasteiger partial charge on any atom is 0.155 e. The lowest BCUT2D eigenvalue weighted by molar-refractivity contribution is 0.304. The van der Waals surface area contributed by atoms with Crippen molar-refractivity contribution in [3.8, 4) is 39.6 Å². The Kier molecular flexibility index (Phi) is 5.40. The number of hydrogen-bond donors (Lipinski definition) is 1. The third kappa shape index (κ3) is 4.11. The van der Waals surface area contributed by atoms with E-state index >= 15 is 0 Å². The van der Waals surface area contributed by atoms with Gasteiger partial charge in [0.25, 0.3) is 0 Å². The van der Waals surface area contributed by atoms with E-state index in [1.54, 1.807) is 17.7 Å². The van der Waals surface area contributed by atoms with Crippen LogP contribution in [0.4, 0.5) is 0 Å². The first-order chi connectivity index (χ1) is 16.1. The highest BCUT2D eigenvalue weighted by Crippen LogP contribution is 2.39. The number of phenolic OH excluding ortho intramolecular Hbond substituents is 1. The molecule has 1 N–H and O–H groups in total. The van der Waals surface area contributed by atoms with Gasteiger partial charge in [-0.2, -0.15) is 5.10 Å². The monoisotopic (exact) mass is 437 g/mol. The Bertz CT molecular complexity index is 1410. The van der Waals surface area contributed by atoms with Gasteiger partial charge in [0, 0.05) is 29.5 Å². The summed E-state index contributed by atoms with van der Waals surface area (Å²) in [5.74, 6) is 1.47. The Hall–Kier alpha value is -4.32. The van der Waals surface area contributed by atoms with E-state index in [4.69, 9.17) is 9.47 Å².